The predicted molar refractivity (Wildman–Crippen MR) is 62.0 cm³/mol. The Morgan fingerprint density at radius 2 is 2.27 bits per heavy atom. The molecule has 90 valence electrons. The molecule has 0 bridgehead atoms. The Hall–Kier alpha value is -0.320. The van der Waals surface area contributed by atoms with Gasteiger partial charge in [-0.05, 0) is 18.8 Å². The fourth-order valence-electron chi connectivity index (χ4n) is 1.44. The van der Waals surface area contributed by atoms with Crippen molar-refractivity contribution >= 4 is 18.3 Å². The number of carbonyl (C=O) groups is 1. The maximum absolute atomic E-state index is 11.4. The summed E-state index contributed by atoms with van der Waals surface area (Å²) in [5.41, 5.74) is 5.69. The molecule has 5 heteroatoms. The quantitative estimate of drug-likeness (QED) is 0.755. The molecule has 0 aromatic carbocycles. The van der Waals surface area contributed by atoms with Gasteiger partial charge in [0.05, 0.1) is 12.1 Å². The number of amides is 1. The van der Waals surface area contributed by atoms with Gasteiger partial charge in [-0.2, -0.15) is 0 Å². The second-order valence-electron chi connectivity index (χ2n) is 4.15. The van der Waals surface area contributed by atoms with Crippen molar-refractivity contribution in [1.29, 1.82) is 0 Å². The van der Waals surface area contributed by atoms with Crippen molar-refractivity contribution in [2.45, 2.75) is 38.8 Å². The molecule has 1 saturated heterocycles. The number of rotatable bonds is 4. The highest BCUT2D eigenvalue weighted by Gasteiger charge is 2.20. The van der Waals surface area contributed by atoms with Crippen LogP contribution in [0.1, 0.15) is 26.7 Å². The summed E-state index contributed by atoms with van der Waals surface area (Å²) in [5.74, 6) is 0.106. The molecule has 1 unspecified atom stereocenters. The second-order valence-corrected chi connectivity index (χ2v) is 4.15. The van der Waals surface area contributed by atoms with E-state index in [2.05, 4.69) is 5.32 Å². The lowest BCUT2D eigenvalue weighted by Gasteiger charge is -2.17. The topological polar surface area (TPSA) is 64.4 Å². The predicted octanol–water partition coefficient (Wildman–Crippen LogP) is 0.687. The highest BCUT2D eigenvalue weighted by molar-refractivity contribution is 5.85. The fraction of sp³-hybridized carbons (Fsp3) is 0.900. The lowest BCUT2D eigenvalue weighted by Crippen LogP contribution is -2.46. The molecule has 1 amide bonds. The first-order chi connectivity index (χ1) is 6.61. The smallest absolute Gasteiger partial charge is 0.237 e. The molecule has 0 saturated carbocycles. The summed E-state index contributed by atoms with van der Waals surface area (Å²) in [4.78, 5) is 11.4. The van der Waals surface area contributed by atoms with E-state index in [0.29, 0.717) is 6.54 Å². The van der Waals surface area contributed by atoms with Crippen LogP contribution in [-0.2, 0) is 9.53 Å². The molecule has 2 atom stereocenters. The van der Waals surface area contributed by atoms with E-state index in [-0.39, 0.29) is 30.3 Å². The third-order valence-corrected chi connectivity index (χ3v) is 2.55. The van der Waals surface area contributed by atoms with Gasteiger partial charge in [-0.25, -0.2) is 0 Å². The van der Waals surface area contributed by atoms with Gasteiger partial charge in [0.15, 0.2) is 0 Å². The second kappa shape index (κ2) is 7.04. The first-order valence-electron chi connectivity index (χ1n) is 5.26. The molecule has 0 spiro atoms. The van der Waals surface area contributed by atoms with Gasteiger partial charge < -0.3 is 15.8 Å². The zero-order valence-electron chi connectivity index (χ0n) is 9.36. The number of halogens is 1. The normalized spacial score (nSPS) is 22.3. The van der Waals surface area contributed by atoms with Crippen molar-refractivity contribution in [1.82, 2.24) is 5.32 Å². The molecule has 0 radical (unpaired) electrons. The number of ether oxygens (including phenoxy) is 1. The Labute approximate surface area is 97.3 Å². The Kier molecular flexibility index (Phi) is 6.89. The molecular formula is C10H21ClN2O2. The molecular weight excluding hydrogens is 216 g/mol. The zero-order valence-corrected chi connectivity index (χ0v) is 10.2. The summed E-state index contributed by atoms with van der Waals surface area (Å²) in [5, 5.41) is 2.82. The zero-order chi connectivity index (χ0) is 10.6. The highest BCUT2D eigenvalue weighted by Crippen LogP contribution is 2.10. The van der Waals surface area contributed by atoms with Crippen LogP contribution in [0, 0.1) is 5.92 Å². The summed E-state index contributed by atoms with van der Waals surface area (Å²) in [7, 11) is 0. The van der Waals surface area contributed by atoms with Crippen LogP contribution in [0.15, 0.2) is 0 Å². The molecule has 0 aromatic rings. The third kappa shape index (κ3) is 4.82. The minimum atomic E-state index is -0.406. The van der Waals surface area contributed by atoms with Crippen LogP contribution in [-0.4, -0.2) is 31.2 Å². The van der Waals surface area contributed by atoms with E-state index in [9.17, 15) is 4.79 Å². The van der Waals surface area contributed by atoms with E-state index in [1.807, 2.05) is 13.8 Å². The van der Waals surface area contributed by atoms with Crippen molar-refractivity contribution < 1.29 is 9.53 Å². The maximum atomic E-state index is 11.4. The Morgan fingerprint density at radius 3 is 2.73 bits per heavy atom. The van der Waals surface area contributed by atoms with Crippen LogP contribution >= 0.6 is 12.4 Å². The van der Waals surface area contributed by atoms with Gasteiger partial charge in [0.25, 0.3) is 0 Å². The molecule has 1 rings (SSSR count). The molecule has 4 nitrogen and oxygen atoms in total. The van der Waals surface area contributed by atoms with Crippen molar-refractivity contribution in [3.63, 3.8) is 0 Å². The number of nitrogens with two attached hydrogens (primary N) is 1. The van der Waals surface area contributed by atoms with Gasteiger partial charge in [-0.3, -0.25) is 4.79 Å². The van der Waals surface area contributed by atoms with E-state index in [1.165, 1.54) is 0 Å². The van der Waals surface area contributed by atoms with E-state index >= 15 is 0 Å². The Balaban J connectivity index is 0.00000196. The minimum absolute atomic E-state index is 0. The van der Waals surface area contributed by atoms with Crippen molar-refractivity contribution in [2.75, 3.05) is 13.2 Å². The Bertz CT molecular complexity index is 194. The summed E-state index contributed by atoms with van der Waals surface area (Å²) < 4.78 is 5.39. The maximum Gasteiger partial charge on any atom is 0.237 e. The number of nitrogens with one attached hydrogen (secondary N) is 1. The van der Waals surface area contributed by atoms with Crippen LogP contribution < -0.4 is 11.1 Å². The van der Waals surface area contributed by atoms with Crippen LogP contribution in [0.5, 0.6) is 0 Å². The average molecular weight is 237 g/mol. The fourth-order valence-corrected chi connectivity index (χ4v) is 1.44. The molecule has 1 aliphatic heterocycles. The lowest BCUT2D eigenvalue weighted by molar-refractivity contribution is -0.123. The third-order valence-electron chi connectivity index (χ3n) is 2.55. The van der Waals surface area contributed by atoms with Crippen molar-refractivity contribution in [3.8, 4) is 0 Å². The van der Waals surface area contributed by atoms with Crippen molar-refractivity contribution in [3.05, 3.63) is 0 Å². The van der Waals surface area contributed by atoms with E-state index < -0.39 is 6.04 Å². The monoisotopic (exact) mass is 236 g/mol. The highest BCUT2D eigenvalue weighted by atomic mass is 35.5. The van der Waals surface area contributed by atoms with E-state index in [4.69, 9.17) is 10.5 Å². The molecule has 1 fully saturated rings. The molecule has 15 heavy (non-hydrogen) atoms. The molecule has 1 aliphatic rings. The largest absolute Gasteiger partial charge is 0.376 e. The SMILES string of the molecule is CC(C)[C@H](N)C(=O)NCC1CCCO1.Cl. The minimum Gasteiger partial charge on any atom is -0.376 e. The average Bonchev–Trinajstić information content (AvgIpc) is 2.65. The van der Waals surface area contributed by atoms with Crippen LogP contribution in [0.4, 0.5) is 0 Å². The van der Waals surface area contributed by atoms with Gasteiger partial charge in [0.2, 0.25) is 5.91 Å². The van der Waals surface area contributed by atoms with Crippen molar-refractivity contribution in [2.24, 2.45) is 11.7 Å². The molecule has 3 N–H and O–H groups in total. The number of hydrogen-bond acceptors (Lipinski definition) is 3. The Morgan fingerprint density at radius 1 is 1.60 bits per heavy atom. The summed E-state index contributed by atoms with van der Waals surface area (Å²) >= 11 is 0. The molecule has 1 heterocycles. The van der Waals surface area contributed by atoms with Gasteiger partial charge in [0.1, 0.15) is 0 Å². The number of carbonyl (C=O) groups excluding carboxylic acids is 1. The first-order valence-corrected chi connectivity index (χ1v) is 5.26. The number of hydrogen-bond donors (Lipinski definition) is 2. The van der Waals surface area contributed by atoms with Gasteiger partial charge >= 0.3 is 0 Å². The van der Waals surface area contributed by atoms with E-state index in [1.54, 1.807) is 0 Å². The van der Waals surface area contributed by atoms with Crippen LogP contribution in [0.3, 0.4) is 0 Å². The summed E-state index contributed by atoms with van der Waals surface area (Å²) in [6.45, 7) is 5.29. The summed E-state index contributed by atoms with van der Waals surface area (Å²) in [6, 6.07) is -0.406. The lowest BCUT2D eigenvalue weighted by atomic mass is 10.1. The van der Waals surface area contributed by atoms with E-state index in [0.717, 1.165) is 19.4 Å². The van der Waals surface area contributed by atoms with Crippen LogP contribution in [0.25, 0.3) is 0 Å². The molecule has 0 aliphatic carbocycles. The first kappa shape index (κ1) is 14.7. The van der Waals surface area contributed by atoms with Gasteiger partial charge in [-0.15, -0.1) is 12.4 Å². The van der Waals surface area contributed by atoms with Gasteiger partial charge in [0, 0.05) is 13.2 Å². The molecule has 0 aromatic heterocycles. The van der Waals surface area contributed by atoms with Crippen LogP contribution in [0.2, 0.25) is 0 Å². The van der Waals surface area contributed by atoms with Gasteiger partial charge in [-0.1, -0.05) is 13.8 Å². The summed E-state index contributed by atoms with van der Waals surface area (Å²) in [6.07, 6.45) is 2.33. The standard InChI is InChI=1S/C10H20N2O2.ClH/c1-7(2)9(11)10(13)12-6-8-4-3-5-14-8;/h7-9H,3-6,11H2,1-2H3,(H,12,13);1H/t8?,9-;/m0./s1.